The Bertz CT molecular complexity index is 2770. The molecule has 0 N–H and O–H groups in total. The molecule has 1 heterocycles. The summed E-state index contributed by atoms with van der Waals surface area (Å²) in [6.45, 7) is 4.69. The van der Waals surface area contributed by atoms with Crippen molar-refractivity contribution in [1.29, 1.82) is 0 Å². The van der Waals surface area contributed by atoms with E-state index in [1.165, 1.54) is 55.3 Å². The summed E-state index contributed by atoms with van der Waals surface area (Å²) in [6, 6.07) is 63.8. The molecule has 51 heavy (non-hydrogen) atoms. The maximum absolute atomic E-state index is 6.16. The standard InChI is InChI=1S/C49H35NO/c1-49(2)45-17-8-6-15-41(45)42-26-25-40(31-46(42)49)50(39-14-10-13-34(28-39)32-11-4-3-5-12-32)38-23-21-33(22-24-38)35-19-20-36-30-48-44(29-37(36)27-35)43-16-7-9-18-47(43)51-48/h3-31H,1-2H3. The van der Waals surface area contributed by atoms with Crippen LogP contribution in [0.1, 0.15) is 25.0 Å². The second-order valence-corrected chi connectivity index (χ2v) is 14.2. The molecule has 0 spiro atoms. The van der Waals surface area contributed by atoms with Crippen LogP contribution in [0.3, 0.4) is 0 Å². The molecule has 0 atom stereocenters. The van der Waals surface area contributed by atoms with Crippen molar-refractivity contribution in [2.75, 3.05) is 4.90 Å². The van der Waals surface area contributed by atoms with E-state index >= 15 is 0 Å². The van der Waals surface area contributed by atoms with Crippen molar-refractivity contribution in [2.45, 2.75) is 19.3 Å². The third kappa shape index (κ3) is 4.79. The highest BCUT2D eigenvalue weighted by Crippen LogP contribution is 2.50. The lowest BCUT2D eigenvalue weighted by Crippen LogP contribution is -2.16. The van der Waals surface area contributed by atoms with Crippen LogP contribution in [0.25, 0.3) is 66.1 Å². The Labute approximate surface area is 297 Å². The third-order valence-corrected chi connectivity index (χ3v) is 10.8. The summed E-state index contributed by atoms with van der Waals surface area (Å²) < 4.78 is 6.16. The third-order valence-electron chi connectivity index (χ3n) is 10.8. The Hall–Kier alpha value is -6.38. The fourth-order valence-electron chi connectivity index (χ4n) is 8.18. The molecule has 0 radical (unpaired) electrons. The van der Waals surface area contributed by atoms with E-state index in [9.17, 15) is 0 Å². The molecule has 9 aromatic rings. The monoisotopic (exact) mass is 653 g/mol. The molecule has 0 unspecified atom stereocenters. The second-order valence-electron chi connectivity index (χ2n) is 14.2. The summed E-state index contributed by atoms with van der Waals surface area (Å²) in [6.07, 6.45) is 0. The Kier molecular flexibility index (Phi) is 6.56. The van der Waals surface area contributed by atoms with E-state index in [0.29, 0.717) is 0 Å². The molecular weight excluding hydrogens is 619 g/mol. The van der Waals surface area contributed by atoms with Crippen molar-refractivity contribution in [3.8, 4) is 33.4 Å². The maximum Gasteiger partial charge on any atom is 0.136 e. The van der Waals surface area contributed by atoms with Gasteiger partial charge in [-0.05, 0) is 116 Å². The highest BCUT2D eigenvalue weighted by molar-refractivity contribution is 6.10. The van der Waals surface area contributed by atoms with E-state index in [1.807, 2.05) is 12.1 Å². The summed E-state index contributed by atoms with van der Waals surface area (Å²) in [5, 5.41) is 4.68. The average molecular weight is 654 g/mol. The fourth-order valence-corrected chi connectivity index (χ4v) is 8.18. The zero-order valence-corrected chi connectivity index (χ0v) is 28.6. The molecule has 1 aromatic heterocycles. The number of rotatable bonds is 5. The molecule has 2 nitrogen and oxygen atoms in total. The summed E-state index contributed by atoms with van der Waals surface area (Å²) in [5.74, 6) is 0. The van der Waals surface area contributed by atoms with E-state index < -0.39 is 0 Å². The Morgan fingerprint density at radius 1 is 0.392 bits per heavy atom. The van der Waals surface area contributed by atoms with Gasteiger partial charge in [0, 0.05) is 33.2 Å². The molecule has 0 saturated carbocycles. The minimum Gasteiger partial charge on any atom is -0.456 e. The van der Waals surface area contributed by atoms with Gasteiger partial charge < -0.3 is 9.32 Å². The predicted molar refractivity (Wildman–Crippen MR) is 214 cm³/mol. The summed E-state index contributed by atoms with van der Waals surface area (Å²) in [7, 11) is 0. The van der Waals surface area contributed by atoms with E-state index in [1.54, 1.807) is 0 Å². The number of para-hydroxylation sites is 1. The van der Waals surface area contributed by atoms with Gasteiger partial charge in [-0.3, -0.25) is 0 Å². The lowest BCUT2D eigenvalue weighted by atomic mass is 9.82. The van der Waals surface area contributed by atoms with Gasteiger partial charge in [-0.25, -0.2) is 0 Å². The molecule has 0 saturated heterocycles. The van der Waals surface area contributed by atoms with Crippen LogP contribution < -0.4 is 4.90 Å². The van der Waals surface area contributed by atoms with E-state index in [-0.39, 0.29) is 5.41 Å². The molecule has 1 aliphatic rings. The minimum atomic E-state index is -0.0895. The first-order valence-corrected chi connectivity index (χ1v) is 17.7. The first kappa shape index (κ1) is 29.5. The topological polar surface area (TPSA) is 16.4 Å². The highest BCUT2D eigenvalue weighted by Gasteiger charge is 2.35. The number of fused-ring (bicyclic) bond motifs is 7. The number of hydrogen-bond acceptors (Lipinski definition) is 2. The van der Waals surface area contributed by atoms with Crippen LogP contribution in [-0.4, -0.2) is 0 Å². The van der Waals surface area contributed by atoms with Crippen molar-refractivity contribution in [2.24, 2.45) is 0 Å². The van der Waals surface area contributed by atoms with Gasteiger partial charge in [-0.2, -0.15) is 0 Å². The molecule has 0 bridgehead atoms. The zero-order chi connectivity index (χ0) is 34.1. The van der Waals surface area contributed by atoms with Crippen molar-refractivity contribution in [3.05, 3.63) is 187 Å². The molecule has 2 heteroatoms. The molecule has 10 rings (SSSR count). The SMILES string of the molecule is CC1(C)c2ccccc2-c2ccc(N(c3ccc(-c4ccc5cc6oc7ccccc7c6cc5c4)cc3)c3cccc(-c4ccccc4)c3)cc21. The number of benzene rings is 8. The Morgan fingerprint density at radius 3 is 1.94 bits per heavy atom. The van der Waals surface area contributed by atoms with Gasteiger partial charge in [-0.1, -0.05) is 129 Å². The largest absolute Gasteiger partial charge is 0.456 e. The van der Waals surface area contributed by atoms with Crippen LogP contribution in [0.4, 0.5) is 17.1 Å². The van der Waals surface area contributed by atoms with Crippen LogP contribution in [0.2, 0.25) is 0 Å². The van der Waals surface area contributed by atoms with Crippen molar-refractivity contribution in [1.82, 2.24) is 0 Å². The average Bonchev–Trinajstić information content (AvgIpc) is 3.65. The lowest BCUT2D eigenvalue weighted by molar-refractivity contribution is 0.660. The molecule has 0 aliphatic heterocycles. The van der Waals surface area contributed by atoms with E-state index in [4.69, 9.17) is 4.42 Å². The van der Waals surface area contributed by atoms with Gasteiger partial charge in [0.15, 0.2) is 0 Å². The number of anilines is 3. The van der Waals surface area contributed by atoms with Gasteiger partial charge >= 0.3 is 0 Å². The van der Waals surface area contributed by atoms with Crippen molar-refractivity contribution < 1.29 is 4.42 Å². The van der Waals surface area contributed by atoms with Crippen LogP contribution in [-0.2, 0) is 5.41 Å². The number of furan rings is 1. The number of nitrogens with zero attached hydrogens (tertiary/aromatic N) is 1. The first-order valence-electron chi connectivity index (χ1n) is 17.7. The predicted octanol–water partition coefficient (Wildman–Crippen LogP) is 13.8. The molecule has 1 aliphatic carbocycles. The van der Waals surface area contributed by atoms with Gasteiger partial charge in [-0.15, -0.1) is 0 Å². The quantitative estimate of drug-likeness (QED) is 0.184. The van der Waals surface area contributed by atoms with Crippen LogP contribution in [0.5, 0.6) is 0 Å². The lowest BCUT2D eigenvalue weighted by Gasteiger charge is -2.28. The van der Waals surface area contributed by atoms with Gasteiger partial charge in [0.05, 0.1) is 0 Å². The Morgan fingerprint density at radius 2 is 1.06 bits per heavy atom. The summed E-state index contributed by atoms with van der Waals surface area (Å²) in [5.41, 5.74) is 15.3. The van der Waals surface area contributed by atoms with Crippen LogP contribution in [0, 0.1) is 0 Å². The van der Waals surface area contributed by atoms with Crippen LogP contribution in [0.15, 0.2) is 180 Å². The summed E-state index contributed by atoms with van der Waals surface area (Å²) >= 11 is 0. The molecule has 8 aromatic carbocycles. The normalized spacial score (nSPS) is 13.1. The first-order chi connectivity index (χ1) is 25.0. The van der Waals surface area contributed by atoms with E-state index in [0.717, 1.165) is 39.0 Å². The second kappa shape index (κ2) is 11.3. The number of hydrogen-bond donors (Lipinski definition) is 0. The van der Waals surface area contributed by atoms with Crippen molar-refractivity contribution >= 4 is 49.8 Å². The maximum atomic E-state index is 6.16. The van der Waals surface area contributed by atoms with Crippen LogP contribution >= 0.6 is 0 Å². The molecule has 0 amide bonds. The fraction of sp³-hybridized carbons (Fsp3) is 0.0612. The highest BCUT2D eigenvalue weighted by atomic mass is 16.3. The summed E-state index contributed by atoms with van der Waals surface area (Å²) in [4.78, 5) is 2.40. The minimum absolute atomic E-state index is 0.0895. The van der Waals surface area contributed by atoms with E-state index in [2.05, 4.69) is 183 Å². The van der Waals surface area contributed by atoms with Gasteiger partial charge in [0.25, 0.3) is 0 Å². The van der Waals surface area contributed by atoms with Gasteiger partial charge in [0.2, 0.25) is 0 Å². The molecule has 242 valence electrons. The Balaban J connectivity index is 1.08. The van der Waals surface area contributed by atoms with Gasteiger partial charge in [0.1, 0.15) is 11.2 Å². The molecule has 0 fully saturated rings. The molecular formula is C49H35NO. The van der Waals surface area contributed by atoms with Crippen molar-refractivity contribution in [3.63, 3.8) is 0 Å². The smallest absolute Gasteiger partial charge is 0.136 e. The zero-order valence-electron chi connectivity index (χ0n) is 28.6.